The minimum atomic E-state index is -0.689. The van der Waals surface area contributed by atoms with Crippen molar-refractivity contribution in [1.29, 1.82) is 0 Å². The summed E-state index contributed by atoms with van der Waals surface area (Å²) in [6.45, 7) is 2.90. The number of hydrogen-bond donors (Lipinski definition) is 0. The van der Waals surface area contributed by atoms with Crippen LogP contribution in [0.25, 0.3) is 6.08 Å². The van der Waals surface area contributed by atoms with Gasteiger partial charge in [-0.1, -0.05) is 6.07 Å². The molecule has 0 aliphatic carbocycles. The summed E-state index contributed by atoms with van der Waals surface area (Å²) in [4.78, 5) is 38.4. The van der Waals surface area contributed by atoms with E-state index in [-0.39, 0.29) is 23.0 Å². The molecule has 0 unspecified atom stereocenters. The van der Waals surface area contributed by atoms with Gasteiger partial charge in [0.2, 0.25) is 5.90 Å². The van der Waals surface area contributed by atoms with Gasteiger partial charge >= 0.3 is 11.9 Å². The number of nitrogens with zero attached hydrogens (tertiary/aromatic N) is 2. The number of ether oxygens (including phenoxy) is 3. The molecule has 0 saturated heterocycles. The van der Waals surface area contributed by atoms with Gasteiger partial charge in [-0.2, -0.15) is 0 Å². The van der Waals surface area contributed by atoms with Crippen LogP contribution in [0.15, 0.2) is 41.0 Å². The first kappa shape index (κ1) is 21.4. The van der Waals surface area contributed by atoms with Crippen LogP contribution < -0.4 is 9.47 Å². The van der Waals surface area contributed by atoms with Crippen LogP contribution in [0.1, 0.15) is 23.6 Å². The van der Waals surface area contributed by atoms with E-state index in [4.69, 9.17) is 14.2 Å². The van der Waals surface area contributed by atoms with E-state index in [1.807, 2.05) is 22.6 Å². The molecular formula is C20H15IN2O7. The zero-order valence-corrected chi connectivity index (χ0v) is 18.3. The monoisotopic (exact) mass is 522 g/mol. The van der Waals surface area contributed by atoms with Crippen molar-refractivity contribution < 1.29 is 28.7 Å². The van der Waals surface area contributed by atoms with Crippen LogP contribution in [0.4, 0.5) is 5.69 Å². The van der Waals surface area contributed by atoms with E-state index in [2.05, 4.69) is 4.99 Å². The normalized spacial score (nSPS) is 14.3. The molecule has 154 valence electrons. The van der Waals surface area contributed by atoms with E-state index < -0.39 is 16.9 Å². The number of hydrogen-bond acceptors (Lipinski definition) is 8. The van der Waals surface area contributed by atoms with Crippen LogP contribution in [-0.4, -0.2) is 29.9 Å². The maximum absolute atomic E-state index is 12.3. The van der Waals surface area contributed by atoms with Gasteiger partial charge in [0.15, 0.2) is 17.2 Å². The van der Waals surface area contributed by atoms with Gasteiger partial charge in [-0.3, -0.25) is 14.9 Å². The highest BCUT2D eigenvalue weighted by Gasteiger charge is 2.26. The van der Waals surface area contributed by atoms with Gasteiger partial charge in [0, 0.05) is 24.1 Å². The quantitative estimate of drug-likeness (QED) is 0.147. The molecule has 10 heteroatoms. The summed E-state index contributed by atoms with van der Waals surface area (Å²) in [7, 11) is 1.43. The number of carbonyl (C=O) groups excluding carboxylic acids is 2. The maximum Gasteiger partial charge on any atom is 0.363 e. The van der Waals surface area contributed by atoms with Crippen molar-refractivity contribution in [1.82, 2.24) is 0 Å². The fourth-order valence-electron chi connectivity index (χ4n) is 2.70. The van der Waals surface area contributed by atoms with Gasteiger partial charge in [-0.15, -0.1) is 0 Å². The largest absolute Gasteiger partial charge is 0.493 e. The molecule has 0 fully saturated rings. The Morgan fingerprint density at radius 3 is 2.67 bits per heavy atom. The molecule has 0 radical (unpaired) electrons. The van der Waals surface area contributed by atoms with Crippen LogP contribution in [-0.2, 0) is 14.3 Å². The van der Waals surface area contributed by atoms with Gasteiger partial charge < -0.3 is 14.2 Å². The highest BCUT2D eigenvalue weighted by atomic mass is 127. The topological polar surface area (TPSA) is 117 Å². The lowest BCUT2D eigenvalue weighted by atomic mass is 10.1. The highest BCUT2D eigenvalue weighted by Crippen LogP contribution is 2.35. The fourth-order valence-corrected chi connectivity index (χ4v) is 3.43. The molecule has 2 aromatic carbocycles. The summed E-state index contributed by atoms with van der Waals surface area (Å²) in [5.74, 6) is -0.608. The van der Waals surface area contributed by atoms with E-state index in [0.717, 1.165) is 0 Å². The number of methoxy groups -OCH3 is 1. The Morgan fingerprint density at radius 2 is 2.03 bits per heavy atom. The average Bonchev–Trinajstić information content (AvgIpc) is 3.04. The molecule has 0 aromatic heterocycles. The number of halogens is 1. The molecule has 3 rings (SSSR count). The minimum absolute atomic E-state index is 0.0197. The molecule has 0 N–H and O–H groups in total. The number of nitro groups is 1. The standard InChI is InChI=1S/C20H15IN2O7/c1-10-4-5-13(9-16(10)23(26)27)19-22-15(20(25)30-19)7-12-6-14(21)18(29-11(2)24)17(8-12)28-3/h4-9H,1-3H3/b15-7-. The summed E-state index contributed by atoms with van der Waals surface area (Å²) >= 11 is 1.98. The smallest absolute Gasteiger partial charge is 0.363 e. The molecule has 0 saturated carbocycles. The van der Waals surface area contributed by atoms with Gasteiger partial charge in [-0.25, -0.2) is 9.79 Å². The predicted octanol–water partition coefficient (Wildman–Crippen LogP) is 3.79. The number of esters is 2. The van der Waals surface area contributed by atoms with Crippen LogP contribution >= 0.6 is 22.6 Å². The molecule has 1 heterocycles. The number of benzene rings is 2. The third-order valence-corrected chi connectivity index (χ3v) is 4.88. The number of rotatable bonds is 5. The molecule has 0 amide bonds. The van der Waals surface area contributed by atoms with Crippen molar-refractivity contribution in [3.05, 3.63) is 66.4 Å². The zero-order valence-electron chi connectivity index (χ0n) is 16.1. The molecule has 1 aliphatic heterocycles. The maximum atomic E-state index is 12.3. The van der Waals surface area contributed by atoms with Gasteiger partial charge in [0.05, 0.1) is 15.6 Å². The highest BCUT2D eigenvalue weighted by molar-refractivity contribution is 14.1. The molecular weight excluding hydrogens is 507 g/mol. The number of aliphatic imine (C=N–C) groups is 1. The number of cyclic esters (lactones) is 1. The summed E-state index contributed by atoms with van der Waals surface area (Å²) < 4.78 is 16.2. The van der Waals surface area contributed by atoms with Crippen molar-refractivity contribution in [2.75, 3.05) is 7.11 Å². The Kier molecular flexibility index (Phi) is 6.15. The molecule has 0 atom stereocenters. The fraction of sp³-hybridized carbons (Fsp3) is 0.150. The first-order chi connectivity index (χ1) is 14.2. The summed E-state index contributed by atoms with van der Waals surface area (Å²) in [5.41, 5.74) is 1.30. The number of aryl methyl sites for hydroxylation is 1. The van der Waals surface area contributed by atoms with Crippen LogP contribution in [0.5, 0.6) is 11.5 Å². The van der Waals surface area contributed by atoms with Crippen molar-refractivity contribution in [2.24, 2.45) is 4.99 Å². The Morgan fingerprint density at radius 1 is 1.30 bits per heavy atom. The average molecular weight is 522 g/mol. The molecule has 9 nitrogen and oxygen atoms in total. The Hall–Kier alpha value is -3.28. The van der Waals surface area contributed by atoms with Crippen LogP contribution in [0.2, 0.25) is 0 Å². The first-order valence-corrected chi connectivity index (χ1v) is 9.61. The van der Waals surface area contributed by atoms with E-state index >= 15 is 0 Å². The van der Waals surface area contributed by atoms with Crippen LogP contribution in [0, 0.1) is 20.6 Å². The summed E-state index contributed by atoms with van der Waals surface area (Å²) in [6, 6.07) is 7.74. The third kappa shape index (κ3) is 4.48. The lowest BCUT2D eigenvalue weighted by molar-refractivity contribution is -0.385. The lowest BCUT2D eigenvalue weighted by Crippen LogP contribution is -2.06. The second-order valence-electron chi connectivity index (χ2n) is 6.22. The second kappa shape index (κ2) is 8.61. The summed E-state index contributed by atoms with van der Waals surface area (Å²) in [6.07, 6.45) is 1.49. The van der Waals surface area contributed by atoms with Gasteiger partial charge in [-0.05, 0) is 59.4 Å². The minimum Gasteiger partial charge on any atom is -0.493 e. The van der Waals surface area contributed by atoms with E-state index in [1.165, 1.54) is 26.2 Å². The van der Waals surface area contributed by atoms with Crippen molar-refractivity contribution in [2.45, 2.75) is 13.8 Å². The third-order valence-electron chi connectivity index (χ3n) is 4.07. The van der Waals surface area contributed by atoms with Crippen molar-refractivity contribution in [3.63, 3.8) is 0 Å². The Bertz CT molecular complexity index is 1140. The second-order valence-corrected chi connectivity index (χ2v) is 7.38. The zero-order chi connectivity index (χ0) is 22.0. The Balaban J connectivity index is 1.99. The van der Waals surface area contributed by atoms with Crippen molar-refractivity contribution in [3.8, 4) is 11.5 Å². The predicted molar refractivity (Wildman–Crippen MR) is 115 cm³/mol. The lowest BCUT2D eigenvalue weighted by Gasteiger charge is -2.11. The molecule has 1 aliphatic rings. The van der Waals surface area contributed by atoms with Crippen molar-refractivity contribution >= 4 is 52.2 Å². The summed E-state index contributed by atoms with van der Waals surface area (Å²) in [5, 5.41) is 11.1. The van der Waals surface area contributed by atoms with E-state index in [0.29, 0.717) is 26.0 Å². The Labute approximate surface area is 184 Å². The van der Waals surface area contributed by atoms with E-state index in [9.17, 15) is 19.7 Å². The van der Waals surface area contributed by atoms with Gasteiger partial charge in [0.25, 0.3) is 5.69 Å². The molecule has 0 spiro atoms. The molecule has 30 heavy (non-hydrogen) atoms. The number of carbonyl (C=O) groups is 2. The first-order valence-electron chi connectivity index (χ1n) is 8.53. The molecule has 0 bridgehead atoms. The number of nitro benzene ring substituents is 1. The van der Waals surface area contributed by atoms with Crippen LogP contribution in [0.3, 0.4) is 0 Å². The van der Waals surface area contributed by atoms with E-state index in [1.54, 1.807) is 31.2 Å². The molecule has 2 aromatic rings. The van der Waals surface area contributed by atoms with Gasteiger partial charge in [0.1, 0.15) is 0 Å². The SMILES string of the molecule is COc1cc(/C=C2\N=C(c3ccc(C)c([N+](=O)[O-])c3)OC2=O)cc(I)c1OC(C)=O.